The summed E-state index contributed by atoms with van der Waals surface area (Å²) in [5.74, 6) is 1.81. The molecule has 2 fully saturated rings. The van der Waals surface area contributed by atoms with Crippen molar-refractivity contribution in [3.63, 3.8) is 0 Å². The van der Waals surface area contributed by atoms with Gasteiger partial charge in [0.1, 0.15) is 5.75 Å². The lowest BCUT2D eigenvalue weighted by molar-refractivity contribution is 0.212. The molecule has 0 radical (unpaired) electrons. The summed E-state index contributed by atoms with van der Waals surface area (Å²) in [6.45, 7) is 10.3. The summed E-state index contributed by atoms with van der Waals surface area (Å²) in [4.78, 5) is 2.60. The minimum Gasteiger partial charge on any atom is -0.491 e. The van der Waals surface area contributed by atoms with Crippen molar-refractivity contribution in [1.82, 2.24) is 10.2 Å². The van der Waals surface area contributed by atoms with Gasteiger partial charge in [0.25, 0.3) is 0 Å². The fraction of sp³-hybridized carbons (Fsp3) is 0.667. The molecule has 3 rings (SSSR count). The Kier molecular flexibility index (Phi) is 4.51. The third-order valence-corrected chi connectivity index (χ3v) is 4.85. The van der Waals surface area contributed by atoms with Crippen LogP contribution in [0.1, 0.15) is 45.2 Å². The van der Waals surface area contributed by atoms with E-state index in [9.17, 15) is 0 Å². The summed E-state index contributed by atoms with van der Waals surface area (Å²) in [6, 6.07) is 9.66. The number of nitrogens with zero attached hydrogens (tertiary/aromatic N) is 1. The molecule has 0 spiro atoms. The van der Waals surface area contributed by atoms with E-state index in [1.165, 1.54) is 38.0 Å². The topological polar surface area (TPSA) is 24.5 Å². The van der Waals surface area contributed by atoms with Gasteiger partial charge in [-0.1, -0.05) is 12.1 Å². The van der Waals surface area contributed by atoms with Gasteiger partial charge in [-0.05, 0) is 70.3 Å². The third-order valence-electron chi connectivity index (χ3n) is 4.85. The number of benzene rings is 1. The van der Waals surface area contributed by atoms with Crippen LogP contribution in [0, 0.1) is 5.92 Å². The van der Waals surface area contributed by atoms with Crippen LogP contribution in [-0.2, 0) is 0 Å². The molecule has 2 saturated heterocycles. The Balaban J connectivity index is 1.58. The minimum absolute atomic E-state index is 0.235. The van der Waals surface area contributed by atoms with E-state index in [0.29, 0.717) is 12.1 Å². The van der Waals surface area contributed by atoms with Crippen molar-refractivity contribution in [2.24, 2.45) is 5.92 Å². The Labute approximate surface area is 128 Å². The minimum atomic E-state index is 0.235. The second-order valence-electron chi connectivity index (χ2n) is 6.87. The van der Waals surface area contributed by atoms with E-state index in [2.05, 4.69) is 55.3 Å². The van der Waals surface area contributed by atoms with Gasteiger partial charge in [-0.15, -0.1) is 0 Å². The lowest BCUT2D eigenvalue weighted by Gasteiger charge is -2.33. The highest BCUT2D eigenvalue weighted by Crippen LogP contribution is 2.29. The highest BCUT2D eigenvalue weighted by molar-refractivity contribution is 5.29. The molecule has 1 aromatic rings. The van der Waals surface area contributed by atoms with Crippen molar-refractivity contribution in [3.8, 4) is 5.75 Å². The molecule has 0 aliphatic carbocycles. The van der Waals surface area contributed by atoms with Crippen molar-refractivity contribution in [2.45, 2.75) is 51.8 Å². The van der Waals surface area contributed by atoms with Crippen LogP contribution in [0.25, 0.3) is 0 Å². The van der Waals surface area contributed by atoms with Crippen molar-refractivity contribution in [3.05, 3.63) is 29.8 Å². The lowest BCUT2D eigenvalue weighted by Crippen LogP contribution is -2.44. The van der Waals surface area contributed by atoms with Gasteiger partial charge >= 0.3 is 0 Å². The second-order valence-corrected chi connectivity index (χ2v) is 6.87. The van der Waals surface area contributed by atoms with Crippen LogP contribution in [0.2, 0.25) is 0 Å². The van der Waals surface area contributed by atoms with Gasteiger partial charge in [0.15, 0.2) is 0 Å². The van der Waals surface area contributed by atoms with E-state index in [1.807, 2.05) is 0 Å². The van der Waals surface area contributed by atoms with Gasteiger partial charge < -0.3 is 15.0 Å². The molecule has 2 bridgehead atoms. The molecule has 0 amide bonds. The smallest absolute Gasteiger partial charge is 0.119 e. The number of nitrogens with one attached hydrogen (secondary N) is 1. The molecule has 21 heavy (non-hydrogen) atoms. The predicted octanol–water partition coefficient (Wildman–Crippen LogP) is 3.22. The first-order valence-electron chi connectivity index (χ1n) is 8.37. The molecule has 4 unspecified atom stereocenters. The zero-order valence-electron chi connectivity index (χ0n) is 13.5. The molecule has 2 heterocycles. The molecule has 4 atom stereocenters. The Bertz CT molecular complexity index is 457. The van der Waals surface area contributed by atoms with Crippen molar-refractivity contribution < 1.29 is 4.74 Å². The molecule has 1 N–H and O–H groups in total. The fourth-order valence-corrected chi connectivity index (χ4v) is 3.70. The maximum atomic E-state index is 5.71. The highest BCUT2D eigenvalue weighted by Gasteiger charge is 2.34. The van der Waals surface area contributed by atoms with Gasteiger partial charge in [-0.25, -0.2) is 0 Å². The quantitative estimate of drug-likeness (QED) is 0.900. The highest BCUT2D eigenvalue weighted by atomic mass is 16.5. The molecular weight excluding hydrogens is 260 g/mol. The fourth-order valence-electron chi connectivity index (χ4n) is 3.70. The Morgan fingerprint density at radius 3 is 2.52 bits per heavy atom. The van der Waals surface area contributed by atoms with E-state index in [1.54, 1.807) is 0 Å². The summed E-state index contributed by atoms with van der Waals surface area (Å²) in [7, 11) is 0. The van der Waals surface area contributed by atoms with E-state index < -0.39 is 0 Å². The predicted molar refractivity (Wildman–Crippen MR) is 86.7 cm³/mol. The SMILES string of the molecule is CC(C)Oc1ccc(C(C)NC2CCN3CCC2C3)cc1. The zero-order chi connectivity index (χ0) is 14.8. The molecule has 1 aromatic carbocycles. The Hall–Kier alpha value is -1.06. The summed E-state index contributed by atoms with van der Waals surface area (Å²) in [6.07, 6.45) is 2.90. The number of hydrogen-bond acceptors (Lipinski definition) is 3. The van der Waals surface area contributed by atoms with Crippen LogP contribution in [0.5, 0.6) is 5.75 Å². The van der Waals surface area contributed by atoms with Crippen LogP contribution in [-0.4, -0.2) is 36.7 Å². The number of hydrogen-bond donors (Lipinski definition) is 1. The maximum absolute atomic E-state index is 5.71. The summed E-state index contributed by atoms with van der Waals surface area (Å²) in [5, 5.41) is 3.86. The average molecular weight is 288 g/mol. The van der Waals surface area contributed by atoms with Crippen LogP contribution in [0.4, 0.5) is 0 Å². The van der Waals surface area contributed by atoms with E-state index in [4.69, 9.17) is 4.74 Å². The van der Waals surface area contributed by atoms with E-state index in [-0.39, 0.29) is 6.10 Å². The Morgan fingerprint density at radius 1 is 1.10 bits per heavy atom. The standard InChI is InChI=1S/C18H28N2O/c1-13(2)21-17-6-4-15(5-7-17)14(3)19-18-9-11-20-10-8-16(18)12-20/h4-7,13-14,16,18-19H,8-12H2,1-3H3. The van der Waals surface area contributed by atoms with Crippen molar-refractivity contribution in [1.29, 1.82) is 0 Å². The molecule has 3 heteroatoms. The molecule has 2 aliphatic rings. The van der Waals surface area contributed by atoms with Gasteiger partial charge in [0.2, 0.25) is 0 Å². The molecule has 0 saturated carbocycles. The average Bonchev–Trinajstić information content (AvgIpc) is 2.85. The normalized spacial score (nSPS) is 29.6. The van der Waals surface area contributed by atoms with Crippen LogP contribution < -0.4 is 10.1 Å². The third kappa shape index (κ3) is 3.58. The first kappa shape index (κ1) is 14.9. The number of ether oxygens (including phenoxy) is 1. The molecule has 116 valence electrons. The first-order chi connectivity index (χ1) is 10.1. The second kappa shape index (κ2) is 6.37. The van der Waals surface area contributed by atoms with Crippen molar-refractivity contribution in [2.75, 3.05) is 19.6 Å². The number of rotatable bonds is 5. The maximum Gasteiger partial charge on any atom is 0.119 e. The van der Waals surface area contributed by atoms with E-state index in [0.717, 1.165) is 11.7 Å². The summed E-state index contributed by atoms with van der Waals surface area (Å²) < 4.78 is 5.71. The van der Waals surface area contributed by atoms with Crippen LogP contribution in [0.15, 0.2) is 24.3 Å². The lowest BCUT2D eigenvalue weighted by atomic mass is 9.93. The van der Waals surface area contributed by atoms with Gasteiger partial charge in [-0.2, -0.15) is 0 Å². The Morgan fingerprint density at radius 2 is 1.81 bits per heavy atom. The van der Waals surface area contributed by atoms with E-state index >= 15 is 0 Å². The molecule has 0 aromatic heterocycles. The molecule has 3 nitrogen and oxygen atoms in total. The van der Waals surface area contributed by atoms with Gasteiger partial charge in [-0.3, -0.25) is 0 Å². The van der Waals surface area contributed by atoms with Gasteiger partial charge in [0.05, 0.1) is 6.10 Å². The summed E-state index contributed by atoms with van der Waals surface area (Å²) in [5.41, 5.74) is 1.35. The zero-order valence-corrected chi connectivity index (χ0v) is 13.5. The first-order valence-corrected chi connectivity index (χ1v) is 8.37. The van der Waals surface area contributed by atoms with Crippen LogP contribution in [0.3, 0.4) is 0 Å². The largest absolute Gasteiger partial charge is 0.491 e. The van der Waals surface area contributed by atoms with Crippen molar-refractivity contribution >= 4 is 0 Å². The molecular formula is C18H28N2O. The van der Waals surface area contributed by atoms with Gasteiger partial charge in [0, 0.05) is 18.6 Å². The number of piperidine rings is 1. The van der Waals surface area contributed by atoms with Crippen LogP contribution >= 0.6 is 0 Å². The summed E-state index contributed by atoms with van der Waals surface area (Å²) >= 11 is 0. The molecule has 2 aliphatic heterocycles. The number of fused-ring (bicyclic) bond motifs is 2. The monoisotopic (exact) mass is 288 g/mol.